The van der Waals surface area contributed by atoms with E-state index < -0.39 is 0 Å². The molecule has 1 fully saturated rings. The summed E-state index contributed by atoms with van der Waals surface area (Å²) in [5.74, 6) is 0. The number of ether oxygens (including phenoxy) is 1. The van der Waals surface area contributed by atoms with Crippen molar-refractivity contribution in [2.24, 2.45) is 0 Å². The molecule has 15 heavy (non-hydrogen) atoms. The Bertz CT molecular complexity index is 359. The van der Waals surface area contributed by atoms with Gasteiger partial charge in [-0.2, -0.15) is 0 Å². The Labute approximate surface area is 99.1 Å². The van der Waals surface area contributed by atoms with Crippen molar-refractivity contribution in [1.82, 2.24) is 5.32 Å². The molecule has 1 aromatic carbocycles. The zero-order valence-corrected chi connectivity index (χ0v) is 10.7. The number of hydrogen-bond donors (Lipinski definition) is 1. The Morgan fingerprint density at radius 1 is 1.33 bits per heavy atom. The molecule has 0 saturated carbocycles. The second-order valence-corrected chi connectivity index (χ2v) is 4.80. The summed E-state index contributed by atoms with van der Waals surface area (Å²) in [6.07, 6.45) is 0.213. The van der Waals surface area contributed by atoms with E-state index in [0.29, 0.717) is 0 Å². The van der Waals surface area contributed by atoms with Gasteiger partial charge >= 0.3 is 0 Å². The lowest BCUT2D eigenvalue weighted by Gasteiger charge is -2.26. The average molecular weight is 270 g/mol. The number of nitrogens with one attached hydrogen (secondary N) is 1. The highest BCUT2D eigenvalue weighted by Gasteiger charge is 2.18. The maximum atomic E-state index is 5.76. The predicted octanol–water partition coefficient (Wildman–Crippen LogP) is 2.73. The van der Waals surface area contributed by atoms with Gasteiger partial charge < -0.3 is 10.1 Å². The van der Waals surface area contributed by atoms with Crippen LogP contribution in [-0.4, -0.2) is 19.7 Å². The van der Waals surface area contributed by atoms with Crippen LogP contribution in [0.25, 0.3) is 0 Å². The van der Waals surface area contributed by atoms with Crippen LogP contribution in [0.4, 0.5) is 0 Å². The lowest BCUT2D eigenvalue weighted by atomic mass is 9.98. The number of morpholine rings is 1. The highest BCUT2D eigenvalue weighted by atomic mass is 79.9. The van der Waals surface area contributed by atoms with E-state index in [9.17, 15) is 0 Å². The van der Waals surface area contributed by atoms with Crippen LogP contribution in [0, 0.1) is 13.8 Å². The Kier molecular flexibility index (Phi) is 3.44. The lowest BCUT2D eigenvalue weighted by Crippen LogP contribution is -2.33. The smallest absolute Gasteiger partial charge is 0.0952 e. The van der Waals surface area contributed by atoms with Crippen LogP contribution in [0.5, 0.6) is 0 Å². The number of hydrogen-bond acceptors (Lipinski definition) is 2. The van der Waals surface area contributed by atoms with Gasteiger partial charge in [-0.1, -0.05) is 22.0 Å². The molecule has 2 nitrogen and oxygen atoms in total. The Morgan fingerprint density at radius 2 is 2.13 bits per heavy atom. The van der Waals surface area contributed by atoms with Gasteiger partial charge in [-0.05, 0) is 36.6 Å². The Morgan fingerprint density at radius 3 is 2.80 bits per heavy atom. The van der Waals surface area contributed by atoms with Crippen molar-refractivity contribution in [2.45, 2.75) is 20.0 Å². The second-order valence-electron chi connectivity index (χ2n) is 3.95. The minimum Gasteiger partial charge on any atom is -0.371 e. The van der Waals surface area contributed by atoms with E-state index in [2.05, 4.69) is 47.2 Å². The van der Waals surface area contributed by atoms with Crippen molar-refractivity contribution < 1.29 is 4.74 Å². The van der Waals surface area contributed by atoms with E-state index in [-0.39, 0.29) is 6.10 Å². The first-order valence-electron chi connectivity index (χ1n) is 5.28. The molecular formula is C12H16BrNO. The molecule has 1 aliphatic heterocycles. The van der Waals surface area contributed by atoms with Crippen LogP contribution >= 0.6 is 15.9 Å². The van der Waals surface area contributed by atoms with Gasteiger partial charge in [0, 0.05) is 17.6 Å². The topological polar surface area (TPSA) is 21.3 Å². The van der Waals surface area contributed by atoms with E-state index in [4.69, 9.17) is 4.74 Å². The summed E-state index contributed by atoms with van der Waals surface area (Å²) in [5, 5.41) is 3.36. The first-order valence-corrected chi connectivity index (χ1v) is 6.07. The summed E-state index contributed by atoms with van der Waals surface area (Å²) >= 11 is 3.55. The summed E-state index contributed by atoms with van der Waals surface area (Å²) < 4.78 is 6.94. The third-order valence-corrected chi connectivity index (χ3v) is 3.90. The first-order chi connectivity index (χ1) is 7.20. The molecular weight excluding hydrogens is 254 g/mol. The van der Waals surface area contributed by atoms with Gasteiger partial charge in [0.15, 0.2) is 0 Å². The van der Waals surface area contributed by atoms with Crippen LogP contribution in [0.3, 0.4) is 0 Å². The van der Waals surface area contributed by atoms with Crippen molar-refractivity contribution >= 4 is 15.9 Å². The zero-order valence-electron chi connectivity index (χ0n) is 9.14. The minimum atomic E-state index is 0.213. The molecule has 0 aromatic heterocycles. The molecule has 1 unspecified atom stereocenters. The fourth-order valence-corrected chi connectivity index (χ4v) is 2.35. The monoisotopic (exact) mass is 269 g/mol. The Hall–Kier alpha value is -0.380. The van der Waals surface area contributed by atoms with Gasteiger partial charge in [0.1, 0.15) is 0 Å². The number of benzene rings is 1. The fraction of sp³-hybridized carbons (Fsp3) is 0.500. The summed E-state index contributed by atoms with van der Waals surface area (Å²) in [6, 6.07) is 4.26. The van der Waals surface area contributed by atoms with Gasteiger partial charge in [-0.15, -0.1) is 0 Å². The summed E-state index contributed by atoms with van der Waals surface area (Å²) in [5.41, 5.74) is 3.95. The summed E-state index contributed by atoms with van der Waals surface area (Å²) in [7, 11) is 0. The standard InChI is InChI=1S/C12H16BrNO/c1-8-9(2)11(13)4-3-10(8)12-7-14-5-6-15-12/h3-4,12,14H,5-7H2,1-2H3. The van der Waals surface area contributed by atoms with Crippen LogP contribution in [0.2, 0.25) is 0 Å². The molecule has 82 valence electrons. The molecule has 1 saturated heterocycles. The van der Waals surface area contributed by atoms with Gasteiger partial charge in [0.2, 0.25) is 0 Å². The minimum absolute atomic E-state index is 0.213. The third-order valence-electron chi connectivity index (χ3n) is 3.04. The predicted molar refractivity (Wildman–Crippen MR) is 65.2 cm³/mol. The molecule has 1 atom stereocenters. The molecule has 3 heteroatoms. The van der Waals surface area contributed by atoms with Gasteiger partial charge in [0.25, 0.3) is 0 Å². The molecule has 0 aliphatic carbocycles. The van der Waals surface area contributed by atoms with Crippen LogP contribution in [0.1, 0.15) is 22.8 Å². The molecule has 2 rings (SSSR count). The number of halogens is 1. The molecule has 1 heterocycles. The maximum Gasteiger partial charge on any atom is 0.0952 e. The van der Waals surface area contributed by atoms with Gasteiger partial charge in [0.05, 0.1) is 12.7 Å². The van der Waals surface area contributed by atoms with Crippen LogP contribution in [0.15, 0.2) is 16.6 Å². The first kappa shape index (κ1) is 11.1. The van der Waals surface area contributed by atoms with Crippen molar-refractivity contribution in [3.8, 4) is 0 Å². The quantitative estimate of drug-likeness (QED) is 0.847. The Balaban J connectivity index is 2.31. The van der Waals surface area contributed by atoms with Crippen LogP contribution in [-0.2, 0) is 4.74 Å². The van der Waals surface area contributed by atoms with Crippen molar-refractivity contribution in [2.75, 3.05) is 19.7 Å². The largest absolute Gasteiger partial charge is 0.371 e. The van der Waals surface area contributed by atoms with E-state index in [1.54, 1.807) is 0 Å². The zero-order chi connectivity index (χ0) is 10.8. The third kappa shape index (κ3) is 2.25. The highest BCUT2D eigenvalue weighted by molar-refractivity contribution is 9.10. The summed E-state index contributed by atoms with van der Waals surface area (Å²) in [4.78, 5) is 0. The van der Waals surface area contributed by atoms with Crippen molar-refractivity contribution in [3.63, 3.8) is 0 Å². The molecule has 0 radical (unpaired) electrons. The summed E-state index contributed by atoms with van der Waals surface area (Å²) in [6.45, 7) is 6.98. The van der Waals surface area contributed by atoms with Crippen LogP contribution < -0.4 is 5.32 Å². The van der Waals surface area contributed by atoms with E-state index in [1.807, 2.05) is 0 Å². The lowest BCUT2D eigenvalue weighted by molar-refractivity contribution is 0.0273. The molecule has 0 amide bonds. The van der Waals surface area contributed by atoms with E-state index in [0.717, 1.165) is 19.7 Å². The molecule has 1 aliphatic rings. The molecule has 1 aromatic rings. The van der Waals surface area contributed by atoms with Gasteiger partial charge in [-0.25, -0.2) is 0 Å². The fourth-order valence-electron chi connectivity index (χ4n) is 1.92. The maximum absolute atomic E-state index is 5.76. The van der Waals surface area contributed by atoms with E-state index in [1.165, 1.54) is 21.2 Å². The second kappa shape index (κ2) is 4.64. The normalized spacial score (nSPS) is 21.7. The molecule has 0 spiro atoms. The SMILES string of the molecule is Cc1c(Br)ccc(C2CNCCO2)c1C. The average Bonchev–Trinajstić information content (AvgIpc) is 2.27. The van der Waals surface area contributed by atoms with Crippen molar-refractivity contribution in [3.05, 3.63) is 33.3 Å². The number of rotatable bonds is 1. The van der Waals surface area contributed by atoms with Crippen molar-refractivity contribution in [1.29, 1.82) is 0 Å². The molecule has 1 N–H and O–H groups in total. The van der Waals surface area contributed by atoms with Gasteiger partial charge in [-0.3, -0.25) is 0 Å². The van der Waals surface area contributed by atoms with E-state index >= 15 is 0 Å². The highest BCUT2D eigenvalue weighted by Crippen LogP contribution is 2.28. The molecule has 0 bridgehead atoms.